The lowest BCUT2D eigenvalue weighted by molar-refractivity contribution is 0.233. The van der Waals surface area contributed by atoms with Gasteiger partial charge in [-0.05, 0) is 25.5 Å². The number of hydroxylamine groups is 1. The van der Waals surface area contributed by atoms with Crippen LogP contribution in [0, 0.1) is 13.8 Å². The molecule has 4 heteroatoms. The van der Waals surface area contributed by atoms with Crippen molar-refractivity contribution in [2.24, 2.45) is 10.7 Å². The lowest BCUT2D eigenvalue weighted by atomic mass is 10.1. The van der Waals surface area contributed by atoms with Crippen LogP contribution in [0.15, 0.2) is 23.2 Å². The van der Waals surface area contributed by atoms with E-state index < -0.39 is 0 Å². The Morgan fingerprint density at radius 1 is 1.46 bits per heavy atom. The monoisotopic (exact) mass is 179 g/mol. The van der Waals surface area contributed by atoms with E-state index >= 15 is 0 Å². The number of aliphatic imine (C=N–C) groups is 1. The van der Waals surface area contributed by atoms with Crippen molar-refractivity contribution in [2.45, 2.75) is 13.8 Å². The highest BCUT2D eigenvalue weighted by Gasteiger charge is 1.96. The smallest absolute Gasteiger partial charge is 0.218 e. The molecule has 1 aromatic rings. The number of nitrogens with one attached hydrogen (secondary N) is 1. The Labute approximate surface area is 77.1 Å². The van der Waals surface area contributed by atoms with Gasteiger partial charge in [-0.25, -0.2) is 10.5 Å². The fourth-order valence-corrected chi connectivity index (χ4v) is 1.09. The Balaban J connectivity index is 3.03. The zero-order valence-corrected chi connectivity index (χ0v) is 7.70. The van der Waals surface area contributed by atoms with Crippen molar-refractivity contribution in [3.8, 4) is 0 Å². The zero-order chi connectivity index (χ0) is 9.84. The van der Waals surface area contributed by atoms with E-state index in [-0.39, 0.29) is 5.96 Å². The number of nitrogens with two attached hydrogens (primary N) is 1. The number of hydrogen-bond donors (Lipinski definition) is 3. The van der Waals surface area contributed by atoms with Gasteiger partial charge < -0.3 is 5.73 Å². The van der Waals surface area contributed by atoms with Crippen LogP contribution in [0.2, 0.25) is 0 Å². The summed E-state index contributed by atoms with van der Waals surface area (Å²) in [7, 11) is 0. The number of guanidine groups is 1. The van der Waals surface area contributed by atoms with Crippen LogP contribution in [-0.2, 0) is 0 Å². The first-order chi connectivity index (χ1) is 6.13. The molecule has 0 radical (unpaired) electrons. The molecule has 0 unspecified atom stereocenters. The van der Waals surface area contributed by atoms with E-state index in [0.29, 0.717) is 0 Å². The van der Waals surface area contributed by atoms with Crippen molar-refractivity contribution >= 4 is 11.6 Å². The zero-order valence-electron chi connectivity index (χ0n) is 7.70. The maximum atomic E-state index is 8.44. The number of hydrogen-bond acceptors (Lipinski definition) is 2. The second-order valence-corrected chi connectivity index (χ2v) is 2.90. The Morgan fingerprint density at radius 3 is 2.69 bits per heavy atom. The van der Waals surface area contributed by atoms with Crippen molar-refractivity contribution in [2.75, 3.05) is 0 Å². The van der Waals surface area contributed by atoms with Gasteiger partial charge in [0.2, 0.25) is 5.96 Å². The fourth-order valence-electron chi connectivity index (χ4n) is 1.09. The summed E-state index contributed by atoms with van der Waals surface area (Å²) in [6.07, 6.45) is 0. The van der Waals surface area contributed by atoms with Crippen molar-refractivity contribution in [1.82, 2.24) is 5.48 Å². The average molecular weight is 179 g/mol. The molecule has 0 aromatic heterocycles. The van der Waals surface area contributed by atoms with E-state index in [0.717, 1.165) is 11.3 Å². The molecule has 0 bridgehead atoms. The lowest BCUT2D eigenvalue weighted by Crippen LogP contribution is -2.27. The van der Waals surface area contributed by atoms with Crippen molar-refractivity contribution in [3.05, 3.63) is 29.3 Å². The van der Waals surface area contributed by atoms with Crippen LogP contribution in [0.5, 0.6) is 0 Å². The Kier molecular flexibility index (Phi) is 2.87. The molecular formula is C9H13N3O. The van der Waals surface area contributed by atoms with E-state index in [2.05, 4.69) is 4.99 Å². The normalized spacial score (nSPS) is 11.5. The van der Waals surface area contributed by atoms with Gasteiger partial charge >= 0.3 is 0 Å². The fraction of sp³-hybridized carbons (Fsp3) is 0.222. The van der Waals surface area contributed by atoms with Crippen LogP contribution in [-0.4, -0.2) is 11.2 Å². The highest BCUT2D eigenvalue weighted by molar-refractivity contribution is 5.80. The summed E-state index contributed by atoms with van der Waals surface area (Å²) in [6, 6.07) is 5.80. The van der Waals surface area contributed by atoms with Crippen LogP contribution in [0.3, 0.4) is 0 Å². The van der Waals surface area contributed by atoms with E-state index in [4.69, 9.17) is 10.9 Å². The molecule has 1 rings (SSSR count). The first-order valence-electron chi connectivity index (χ1n) is 3.95. The van der Waals surface area contributed by atoms with Crippen LogP contribution in [0.1, 0.15) is 11.1 Å². The summed E-state index contributed by atoms with van der Waals surface area (Å²) >= 11 is 0. The Bertz CT molecular complexity index is 334. The average Bonchev–Trinajstić information content (AvgIpc) is 2.09. The summed E-state index contributed by atoms with van der Waals surface area (Å²) in [5.74, 6) is -0.00745. The first kappa shape index (κ1) is 9.54. The van der Waals surface area contributed by atoms with Crippen molar-refractivity contribution in [1.29, 1.82) is 0 Å². The molecule has 0 aliphatic heterocycles. The van der Waals surface area contributed by atoms with Crippen LogP contribution < -0.4 is 11.2 Å². The summed E-state index contributed by atoms with van der Waals surface area (Å²) in [4.78, 5) is 3.95. The quantitative estimate of drug-likeness (QED) is 0.345. The largest absolute Gasteiger partial charge is 0.368 e. The summed E-state index contributed by atoms with van der Waals surface area (Å²) in [5.41, 5.74) is 10.0. The van der Waals surface area contributed by atoms with Crippen molar-refractivity contribution < 1.29 is 5.21 Å². The predicted octanol–water partition coefficient (Wildman–Crippen LogP) is 1.23. The van der Waals surface area contributed by atoms with Crippen LogP contribution in [0.25, 0.3) is 0 Å². The topological polar surface area (TPSA) is 70.6 Å². The van der Waals surface area contributed by atoms with E-state index in [9.17, 15) is 0 Å². The maximum absolute atomic E-state index is 8.44. The SMILES string of the molecule is Cc1ccc(N=C(N)NO)c(C)c1. The number of nitrogens with zero attached hydrogens (tertiary/aromatic N) is 1. The number of benzene rings is 1. The van der Waals surface area contributed by atoms with Gasteiger partial charge in [0.1, 0.15) is 0 Å². The first-order valence-corrected chi connectivity index (χ1v) is 3.95. The van der Waals surface area contributed by atoms with Gasteiger partial charge in [-0.3, -0.25) is 5.21 Å². The molecule has 1 aromatic carbocycles. The lowest BCUT2D eigenvalue weighted by Gasteiger charge is -2.02. The van der Waals surface area contributed by atoms with Gasteiger partial charge in [0, 0.05) is 0 Å². The molecule has 0 aliphatic rings. The minimum absolute atomic E-state index is 0.00745. The molecule has 0 atom stereocenters. The highest BCUT2D eigenvalue weighted by atomic mass is 16.5. The summed E-state index contributed by atoms with van der Waals surface area (Å²) in [6.45, 7) is 3.95. The molecule has 0 saturated heterocycles. The molecule has 0 spiro atoms. The molecule has 4 nitrogen and oxygen atoms in total. The van der Waals surface area contributed by atoms with Crippen LogP contribution in [0.4, 0.5) is 5.69 Å². The van der Waals surface area contributed by atoms with Crippen LogP contribution >= 0.6 is 0 Å². The molecule has 0 heterocycles. The van der Waals surface area contributed by atoms with E-state index in [1.165, 1.54) is 5.56 Å². The Morgan fingerprint density at radius 2 is 2.15 bits per heavy atom. The van der Waals surface area contributed by atoms with Gasteiger partial charge in [-0.15, -0.1) is 0 Å². The van der Waals surface area contributed by atoms with Gasteiger partial charge in [-0.1, -0.05) is 17.7 Å². The third kappa shape index (κ3) is 2.45. The number of rotatable bonds is 1. The van der Waals surface area contributed by atoms with Crippen molar-refractivity contribution in [3.63, 3.8) is 0 Å². The summed E-state index contributed by atoms with van der Waals surface area (Å²) < 4.78 is 0. The molecule has 0 amide bonds. The third-order valence-corrected chi connectivity index (χ3v) is 1.71. The Hall–Kier alpha value is -1.55. The standard InChI is InChI=1S/C9H13N3O/c1-6-3-4-8(7(2)5-6)11-9(10)12-13/h3-5,13H,1-2H3,(H3,10,11,12). The molecule has 13 heavy (non-hydrogen) atoms. The predicted molar refractivity (Wildman–Crippen MR) is 52.1 cm³/mol. The van der Waals surface area contributed by atoms with Gasteiger partial charge in [-0.2, -0.15) is 0 Å². The molecular weight excluding hydrogens is 166 g/mol. The van der Waals surface area contributed by atoms with Gasteiger partial charge in [0.25, 0.3) is 0 Å². The van der Waals surface area contributed by atoms with E-state index in [1.807, 2.05) is 32.0 Å². The molecule has 0 saturated carbocycles. The highest BCUT2D eigenvalue weighted by Crippen LogP contribution is 2.18. The number of aryl methyl sites for hydroxylation is 2. The second-order valence-electron chi connectivity index (χ2n) is 2.90. The molecule has 0 aliphatic carbocycles. The van der Waals surface area contributed by atoms with Gasteiger partial charge in [0.15, 0.2) is 0 Å². The molecule has 4 N–H and O–H groups in total. The molecule has 0 fully saturated rings. The minimum atomic E-state index is -0.00745. The third-order valence-electron chi connectivity index (χ3n) is 1.71. The van der Waals surface area contributed by atoms with E-state index in [1.54, 1.807) is 5.48 Å². The maximum Gasteiger partial charge on any atom is 0.218 e. The van der Waals surface area contributed by atoms with Gasteiger partial charge in [0.05, 0.1) is 5.69 Å². The molecule has 70 valence electrons. The summed E-state index contributed by atoms with van der Waals surface area (Å²) in [5, 5.41) is 8.44. The second kappa shape index (κ2) is 3.91. The minimum Gasteiger partial charge on any atom is -0.368 e.